The zero-order valence-corrected chi connectivity index (χ0v) is 21.3. The fourth-order valence-electron chi connectivity index (χ4n) is 3.73. The Bertz CT molecular complexity index is 1120. The third kappa shape index (κ3) is 7.55. The van der Waals surface area contributed by atoms with Crippen LogP contribution in [0.4, 0.5) is 4.39 Å². The first-order valence-electron chi connectivity index (χ1n) is 11.6. The monoisotopic (exact) mass is 514 g/mol. The summed E-state index contributed by atoms with van der Waals surface area (Å²) in [6.07, 6.45) is 1.08. The van der Waals surface area contributed by atoms with Crippen LogP contribution in [0.2, 0.25) is 10.0 Å². The summed E-state index contributed by atoms with van der Waals surface area (Å²) in [5.41, 5.74) is 2.13. The largest absolute Gasteiger partial charge is 0.352 e. The second-order valence-corrected chi connectivity index (χ2v) is 9.36. The molecule has 0 unspecified atom stereocenters. The van der Waals surface area contributed by atoms with Crippen molar-refractivity contribution in [2.45, 2.75) is 51.7 Å². The van der Waals surface area contributed by atoms with E-state index in [-0.39, 0.29) is 36.6 Å². The molecule has 3 aromatic carbocycles. The molecule has 184 valence electrons. The Morgan fingerprint density at radius 3 is 2.14 bits per heavy atom. The number of nitrogens with one attached hydrogen (secondary N) is 1. The lowest BCUT2D eigenvalue weighted by Crippen LogP contribution is -2.52. The molecule has 35 heavy (non-hydrogen) atoms. The van der Waals surface area contributed by atoms with Crippen LogP contribution in [0.15, 0.2) is 72.8 Å². The van der Waals surface area contributed by atoms with Crippen LogP contribution < -0.4 is 5.32 Å². The summed E-state index contributed by atoms with van der Waals surface area (Å²) >= 11 is 12.9. The van der Waals surface area contributed by atoms with Crippen molar-refractivity contribution in [3.63, 3.8) is 0 Å². The Morgan fingerprint density at radius 1 is 0.914 bits per heavy atom. The van der Waals surface area contributed by atoms with Gasteiger partial charge >= 0.3 is 0 Å². The van der Waals surface area contributed by atoms with E-state index >= 15 is 0 Å². The molecule has 2 amide bonds. The van der Waals surface area contributed by atoms with E-state index in [1.165, 1.54) is 17.0 Å². The highest BCUT2D eigenvalue weighted by atomic mass is 35.5. The zero-order valence-electron chi connectivity index (χ0n) is 19.8. The summed E-state index contributed by atoms with van der Waals surface area (Å²) in [5.74, 6) is -0.914. The van der Waals surface area contributed by atoms with E-state index in [0.29, 0.717) is 27.6 Å². The number of carbonyl (C=O) groups excluding carboxylic acids is 2. The number of hydrogen-bond donors (Lipinski definition) is 1. The SMILES string of the molecule is CC[C@@H](C)NC(=O)[C@@H](Cc1ccccc1)N(Cc1c(Cl)cccc1Cl)C(=O)Cc1ccc(F)cc1. The van der Waals surface area contributed by atoms with Gasteiger partial charge in [0.2, 0.25) is 11.8 Å². The van der Waals surface area contributed by atoms with Gasteiger partial charge in [0, 0.05) is 34.6 Å². The molecule has 0 heterocycles. The molecule has 0 fully saturated rings. The first kappa shape index (κ1) is 26.7. The van der Waals surface area contributed by atoms with Gasteiger partial charge in [-0.2, -0.15) is 0 Å². The van der Waals surface area contributed by atoms with Crippen molar-refractivity contribution >= 4 is 35.0 Å². The molecule has 0 saturated carbocycles. The molecule has 4 nitrogen and oxygen atoms in total. The standard InChI is InChI=1S/C28H29Cl2FN2O2/c1-3-19(2)32-28(35)26(16-20-8-5-4-6-9-20)33(18-23-24(29)10-7-11-25(23)30)27(34)17-21-12-14-22(31)15-13-21/h4-15,19,26H,3,16-18H2,1-2H3,(H,32,35)/t19-,26-/m1/s1. The van der Waals surface area contributed by atoms with Gasteiger partial charge in [-0.25, -0.2) is 4.39 Å². The molecule has 0 saturated heterocycles. The summed E-state index contributed by atoms with van der Waals surface area (Å²) in [6.45, 7) is 3.97. The van der Waals surface area contributed by atoms with Gasteiger partial charge in [0.05, 0.1) is 6.42 Å². The van der Waals surface area contributed by atoms with E-state index in [2.05, 4.69) is 5.32 Å². The fraction of sp³-hybridized carbons (Fsp3) is 0.286. The molecule has 0 aliphatic carbocycles. The molecule has 2 atom stereocenters. The maximum atomic E-state index is 13.7. The van der Waals surface area contributed by atoms with Crippen molar-refractivity contribution in [3.05, 3.63) is 105 Å². The van der Waals surface area contributed by atoms with Crippen molar-refractivity contribution in [1.29, 1.82) is 0 Å². The van der Waals surface area contributed by atoms with Crippen LogP contribution in [-0.2, 0) is 29.0 Å². The third-order valence-electron chi connectivity index (χ3n) is 5.93. The highest BCUT2D eigenvalue weighted by Gasteiger charge is 2.31. The van der Waals surface area contributed by atoms with E-state index < -0.39 is 6.04 Å². The van der Waals surface area contributed by atoms with Crippen LogP contribution in [0.5, 0.6) is 0 Å². The quantitative estimate of drug-likeness (QED) is 0.348. The molecule has 0 aliphatic heterocycles. The van der Waals surface area contributed by atoms with Crippen LogP contribution in [0.1, 0.15) is 37.0 Å². The van der Waals surface area contributed by atoms with Gasteiger partial charge in [-0.15, -0.1) is 0 Å². The molecular weight excluding hydrogens is 486 g/mol. The lowest BCUT2D eigenvalue weighted by atomic mass is 10.0. The Morgan fingerprint density at radius 2 is 1.54 bits per heavy atom. The Hall–Kier alpha value is -2.89. The smallest absolute Gasteiger partial charge is 0.243 e. The molecule has 3 rings (SSSR count). The summed E-state index contributed by atoms with van der Waals surface area (Å²) < 4.78 is 13.4. The van der Waals surface area contributed by atoms with E-state index in [4.69, 9.17) is 23.2 Å². The number of amides is 2. The van der Waals surface area contributed by atoms with Gasteiger partial charge in [-0.1, -0.05) is 78.7 Å². The third-order valence-corrected chi connectivity index (χ3v) is 6.64. The van der Waals surface area contributed by atoms with Crippen LogP contribution >= 0.6 is 23.2 Å². The van der Waals surface area contributed by atoms with Gasteiger partial charge in [0.25, 0.3) is 0 Å². The minimum Gasteiger partial charge on any atom is -0.352 e. The highest BCUT2D eigenvalue weighted by molar-refractivity contribution is 6.36. The maximum Gasteiger partial charge on any atom is 0.243 e. The first-order valence-corrected chi connectivity index (χ1v) is 12.3. The van der Waals surface area contributed by atoms with Gasteiger partial charge in [0.1, 0.15) is 11.9 Å². The molecule has 0 aromatic heterocycles. The number of halogens is 3. The second-order valence-electron chi connectivity index (χ2n) is 8.55. The highest BCUT2D eigenvalue weighted by Crippen LogP contribution is 2.27. The summed E-state index contributed by atoms with van der Waals surface area (Å²) in [7, 11) is 0. The van der Waals surface area contributed by atoms with Crippen LogP contribution in [0, 0.1) is 5.82 Å². The molecule has 0 spiro atoms. The maximum absolute atomic E-state index is 13.7. The minimum atomic E-state index is -0.799. The number of benzene rings is 3. The van der Waals surface area contributed by atoms with Crippen molar-refractivity contribution in [3.8, 4) is 0 Å². The summed E-state index contributed by atoms with van der Waals surface area (Å²) in [5, 5.41) is 3.85. The van der Waals surface area contributed by atoms with Crippen molar-refractivity contribution in [1.82, 2.24) is 10.2 Å². The van der Waals surface area contributed by atoms with E-state index in [1.54, 1.807) is 30.3 Å². The van der Waals surface area contributed by atoms with Crippen molar-refractivity contribution in [2.75, 3.05) is 0 Å². The topological polar surface area (TPSA) is 49.4 Å². The minimum absolute atomic E-state index is 0.00422. The average molecular weight is 515 g/mol. The Labute approximate surface area is 216 Å². The van der Waals surface area contributed by atoms with E-state index in [1.807, 2.05) is 44.2 Å². The van der Waals surface area contributed by atoms with Crippen molar-refractivity contribution < 1.29 is 14.0 Å². The second kappa shape index (κ2) is 12.7. The Kier molecular flexibility index (Phi) is 9.70. The van der Waals surface area contributed by atoms with Gasteiger partial charge < -0.3 is 10.2 Å². The zero-order chi connectivity index (χ0) is 25.4. The van der Waals surface area contributed by atoms with Gasteiger partial charge in [-0.3, -0.25) is 9.59 Å². The number of hydrogen-bond acceptors (Lipinski definition) is 2. The molecule has 7 heteroatoms. The molecule has 0 aliphatic rings. The lowest BCUT2D eigenvalue weighted by molar-refractivity contribution is -0.141. The fourth-order valence-corrected chi connectivity index (χ4v) is 4.24. The Balaban J connectivity index is 2.01. The van der Waals surface area contributed by atoms with Crippen molar-refractivity contribution in [2.24, 2.45) is 0 Å². The summed E-state index contributed by atoms with van der Waals surface area (Å²) in [6, 6.07) is 19.6. The van der Waals surface area contributed by atoms with Gasteiger partial charge in [-0.05, 0) is 48.7 Å². The number of nitrogens with zero attached hydrogens (tertiary/aromatic N) is 1. The lowest BCUT2D eigenvalue weighted by Gasteiger charge is -2.33. The van der Waals surface area contributed by atoms with E-state index in [0.717, 1.165) is 12.0 Å². The van der Waals surface area contributed by atoms with E-state index in [9.17, 15) is 14.0 Å². The van der Waals surface area contributed by atoms with Gasteiger partial charge in [0.15, 0.2) is 0 Å². The van der Waals surface area contributed by atoms with Crippen LogP contribution in [0.25, 0.3) is 0 Å². The molecule has 0 radical (unpaired) electrons. The first-order chi connectivity index (χ1) is 16.8. The molecule has 0 bridgehead atoms. The number of rotatable bonds is 10. The molecule has 3 aromatic rings. The average Bonchev–Trinajstić information content (AvgIpc) is 2.84. The molecule has 1 N–H and O–H groups in total. The predicted molar refractivity (Wildman–Crippen MR) is 139 cm³/mol. The van der Waals surface area contributed by atoms with Crippen LogP contribution in [-0.4, -0.2) is 28.8 Å². The van der Waals surface area contributed by atoms with Crippen LogP contribution in [0.3, 0.4) is 0 Å². The normalized spacial score (nSPS) is 12.6. The number of carbonyl (C=O) groups is 2. The molecular formula is C28H29Cl2FN2O2. The summed E-state index contributed by atoms with van der Waals surface area (Å²) in [4.78, 5) is 28.7. The predicted octanol–water partition coefficient (Wildman–Crippen LogP) is 6.23.